The van der Waals surface area contributed by atoms with E-state index in [-0.39, 0.29) is 65.1 Å². The van der Waals surface area contributed by atoms with Crippen LogP contribution in [0.1, 0.15) is 30.4 Å². The van der Waals surface area contributed by atoms with E-state index in [0.29, 0.717) is 29.3 Å². The van der Waals surface area contributed by atoms with Gasteiger partial charge >= 0.3 is 11.6 Å². The summed E-state index contributed by atoms with van der Waals surface area (Å²) in [4.78, 5) is 24.5. The van der Waals surface area contributed by atoms with Crippen molar-refractivity contribution < 1.29 is 28.1 Å². The molecule has 0 radical (unpaired) electrons. The fraction of sp³-hybridized carbons (Fsp3) is 0.367. The van der Waals surface area contributed by atoms with Gasteiger partial charge in [0.25, 0.3) is 0 Å². The van der Waals surface area contributed by atoms with Gasteiger partial charge in [0.1, 0.15) is 41.3 Å². The quantitative estimate of drug-likeness (QED) is 0.288. The van der Waals surface area contributed by atoms with Crippen molar-refractivity contribution in [2.75, 3.05) is 38.2 Å². The van der Waals surface area contributed by atoms with Gasteiger partial charge in [0.05, 0.1) is 23.2 Å². The van der Waals surface area contributed by atoms with E-state index in [4.69, 9.17) is 15.6 Å². The molecule has 2 saturated heterocycles. The Labute approximate surface area is 233 Å². The average Bonchev–Trinajstić information content (AvgIpc) is 3.47. The summed E-state index contributed by atoms with van der Waals surface area (Å²) in [6.07, 6.45) is 6.81. The van der Waals surface area contributed by atoms with Crippen molar-refractivity contribution in [1.82, 2.24) is 14.9 Å². The molecule has 2 atom stereocenters. The van der Waals surface area contributed by atoms with Crippen LogP contribution in [-0.2, 0) is 0 Å². The SMILES string of the molecule is C#Cc1c(F)ccc2cc(O)cc(-c3oc(=O)c4c(NCCO)nc(OC[C@@]56CCCN5C[C@H](F)C6)nc4c3C)c12. The topological polar surface area (TPSA) is 121 Å². The first kappa shape index (κ1) is 26.9. The zero-order valence-electron chi connectivity index (χ0n) is 22.3. The van der Waals surface area contributed by atoms with E-state index >= 15 is 0 Å². The molecule has 6 rings (SSSR count). The van der Waals surface area contributed by atoms with Crippen molar-refractivity contribution in [3.05, 3.63) is 51.6 Å². The summed E-state index contributed by atoms with van der Waals surface area (Å²) in [6, 6.07) is 5.45. The number of aliphatic hydroxyl groups is 1. The summed E-state index contributed by atoms with van der Waals surface area (Å²) in [5.74, 6) is 1.74. The maximum Gasteiger partial charge on any atom is 0.349 e. The third-order valence-electron chi connectivity index (χ3n) is 8.06. The summed E-state index contributed by atoms with van der Waals surface area (Å²) < 4.78 is 40.8. The van der Waals surface area contributed by atoms with E-state index in [1.54, 1.807) is 6.92 Å². The summed E-state index contributed by atoms with van der Waals surface area (Å²) in [7, 11) is 0. The lowest BCUT2D eigenvalue weighted by Crippen LogP contribution is -2.43. The minimum atomic E-state index is -0.928. The number of fused-ring (bicyclic) bond motifs is 3. The van der Waals surface area contributed by atoms with Gasteiger partial charge in [-0.2, -0.15) is 9.97 Å². The van der Waals surface area contributed by atoms with Crippen molar-refractivity contribution >= 4 is 27.5 Å². The molecular formula is C30H28F2N4O5. The first-order valence-electron chi connectivity index (χ1n) is 13.4. The van der Waals surface area contributed by atoms with E-state index in [1.165, 1.54) is 24.3 Å². The highest BCUT2D eigenvalue weighted by Crippen LogP contribution is 2.41. The first-order chi connectivity index (χ1) is 19.7. The molecule has 2 aromatic carbocycles. The molecule has 0 saturated carbocycles. The summed E-state index contributed by atoms with van der Waals surface area (Å²) in [5, 5.41) is 23.6. The van der Waals surface area contributed by atoms with Gasteiger partial charge < -0.3 is 24.7 Å². The standard InChI is InChI=1S/C30H28F2N4O5/c1-3-20-22(32)6-5-17-11-19(38)12-21(23(17)20)26-16(2)25-24(28(39)41-26)27(33-8-10-37)35-29(34-25)40-15-30-7-4-9-36(30)14-18(31)13-30/h1,5-6,11-12,18,37-38H,4,7-10,13-15H2,2H3,(H,33,34,35)/t18-,30+/m1/s1. The zero-order chi connectivity index (χ0) is 28.9. The van der Waals surface area contributed by atoms with Gasteiger partial charge in [-0.05, 0) is 49.9 Å². The third-order valence-corrected chi connectivity index (χ3v) is 8.06. The predicted octanol–water partition coefficient (Wildman–Crippen LogP) is 3.90. The number of benzene rings is 2. The highest BCUT2D eigenvalue weighted by molar-refractivity contribution is 6.03. The van der Waals surface area contributed by atoms with Gasteiger partial charge in [0, 0.05) is 36.0 Å². The Morgan fingerprint density at radius 2 is 2.15 bits per heavy atom. The van der Waals surface area contributed by atoms with Crippen LogP contribution in [0.2, 0.25) is 0 Å². The van der Waals surface area contributed by atoms with Crippen LogP contribution < -0.4 is 15.7 Å². The van der Waals surface area contributed by atoms with Crippen LogP contribution in [0, 0.1) is 25.1 Å². The molecule has 2 fully saturated rings. The molecule has 0 unspecified atom stereocenters. The summed E-state index contributed by atoms with van der Waals surface area (Å²) >= 11 is 0. The Morgan fingerprint density at radius 3 is 2.93 bits per heavy atom. The second-order valence-electron chi connectivity index (χ2n) is 10.6. The number of anilines is 1. The molecule has 212 valence electrons. The summed E-state index contributed by atoms with van der Waals surface area (Å²) in [5.41, 5.74) is -0.465. The van der Waals surface area contributed by atoms with Crippen molar-refractivity contribution in [3.63, 3.8) is 0 Å². The lowest BCUT2D eigenvalue weighted by Gasteiger charge is -2.30. The Bertz CT molecular complexity index is 1790. The average molecular weight is 563 g/mol. The van der Waals surface area contributed by atoms with Gasteiger partial charge in [-0.3, -0.25) is 4.90 Å². The number of aliphatic hydroxyl groups excluding tert-OH is 1. The maximum atomic E-state index is 14.7. The lowest BCUT2D eigenvalue weighted by atomic mass is 9.95. The number of aromatic hydroxyl groups is 1. The number of terminal acetylenes is 1. The van der Waals surface area contributed by atoms with Gasteiger partial charge in [-0.25, -0.2) is 13.6 Å². The number of hydrogen-bond acceptors (Lipinski definition) is 9. The molecule has 4 heterocycles. The van der Waals surface area contributed by atoms with Crippen LogP contribution in [0.5, 0.6) is 11.8 Å². The molecule has 0 spiro atoms. The molecule has 2 aliphatic rings. The van der Waals surface area contributed by atoms with E-state index in [1.807, 2.05) is 0 Å². The van der Waals surface area contributed by atoms with Crippen molar-refractivity contribution in [2.24, 2.45) is 0 Å². The van der Waals surface area contributed by atoms with E-state index in [9.17, 15) is 23.8 Å². The minimum absolute atomic E-state index is 0.0303. The number of nitrogens with zero attached hydrogens (tertiary/aromatic N) is 3. The largest absolute Gasteiger partial charge is 0.508 e. The van der Waals surface area contributed by atoms with Gasteiger partial charge in [0.15, 0.2) is 0 Å². The van der Waals surface area contributed by atoms with Crippen molar-refractivity contribution in [3.8, 4) is 35.4 Å². The Morgan fingerprint density at radius 1 is 1.32 bits per heavy atom. The molecule has 0 amide bonds. The maximum absolute atomic E-state index is 14.7. The number of ether oxygens (including phenoxy) is 1. The number of halogens is 2. The van der Waals surface area contributed by atoms with E-state index in [2.05, 4.69) is 26.1 Å². The highest BCUT2D eigenvalue weighted by atomic mass is 19.1. The Balaban J connectivity index is 1.52. The number of aromatic nitrogens is 2. The number of rotatable bonds is 7. The number of aryl methyl sites for hydroxylation is 1. The predicted molar refractivity (Wildman–Crippen MR) is 149 cm³/mol. The Kier molecular flexibility index (Phi) is 6.76. The molecule has 41 heavy (non-hydrogen) atoms. The number of hydrogen-bond donors (Lipinski definition) is 3. The molecule has 4 aromatic rings. The normalized spacial score (nSPS) is 20.4. The van der Waals surface area contributed by atoms with Gasteiger partial charge in [-0.1, -0.05) is 12.0 Å². The molecule has 0 bridgehead atoms. The minimum Gasteiger partial charge on any atom is -0.508 e. The number of alkyl halides is 1. The monoisotopic (exact) mass is 562 g/mol. The van der Waals surface area contributed by atoms with Crippen molar-refractivity contribution in [1.29, 1.82) is 0 Å². The molecule has 9 nitrogen and oxygen atoms in total. The zero-order valence-corrected chi connectivity index (χ0v) is 22.3. The third kappa shape index (κ3) is 4.53. The highest BCUT2D eigenvalue weighted by Gasteiger charge is 2.49. The smallest absolute Gasteiger partial charge is 0.349 e. The molecule has 2 aliphatic heterocycles. The number of phenolic OH excluding ortho intramolecular Hbond substituents is 1. The number of phenols is 1. The lowest BCUT2D eigenvalue weighted by molar-refractivity contribution is 0.107. The summed E-state index contributed by atoms with van der Waals surface area (Å²) in [6.45, 7) is 2.87. The Hall–Kier alpha value is -4.27. The van der Waals surface area contributed by atoms with E-state index in [0.717, 1.165) is 19.4 Å². The second kappa shape index (κ2) is 10.3. The van der Waals surface area contributed by atoms with Crippen LogP contribution in [0.3, 0.4) is 0 Å². The fourth-order valence-electron chi connectivity index (χ4n) is 6.25. The van der Waals surface area contributed by atoms with Crippen LogP contribution in [-0.4, -0.2) is 69.6 Å². The molecule has 2 aromatic heterocycles. The first-order valence-corrected chi connectivity index (χ1v) is 13.4. The van der Waals surface area contributed by atoms with Gasteiger partial charge in [-0.15, -0.1) is 6.42 Å². The van der Waals surface area contributed by atoms with Crippen LogP contribution >= 0.6 is 0 Å². The van der Waals surface area contributed by atoms with Crippen LogP contribution in [0.4, 0.5) is 14.6 Å². The molecule has 3 N–H and O–H groups in total. The second-order valence-corrected chi connectivity index (χ2v) is 10.6. The molecule has 11 heteroatoms. The molecule has 0 aliphatic carbocycles. The van der Waals surface area contributed by atoms with E-state index < -0.39 is 23.2 Å². The van der Waals surface area contributed by atoms with Crippen LogP contribution in [0.25, 0.3) is 33.0 Å². The molecular weight excluding hydrogens is 534 g/mol. The van der Waals surface area contributed by atoms with Crippen LogP contribution in [0.15, 0.2) is 33.5 Å². The fourth-order valence-corrected chi connectivity index (χ4v) is 6.25. The van der Waals surface area contributed by atoms with Gasteiger partial charge in [0.2, 0.25) is 0 Å². The number of nitrogens with one attached hydrogen (secondary N) is 1. The van der Waals surface area contributed by atoms with Crippen molar-refractivity contribution in [2.45, 2.75) is 37.9 Å².